The quantitative estimate of drug-likeness (QED) is 0.888. The first-order valence-electron chi connectivity index (χ1n) is 6.24. The summed E-state index contributed by atoms with van der Waals surface area (Å²) in [6.07, 6.45) is 0. The lowest BCUT2D eigenvalue weighted by Crippen LogP contribution is -2.57. The van der Waals surface area contributed by atoms with Crippen LogP contribution in [-0.4, -0.2) is 44.6 Å². The molecule has 1 aromatic carbocycles. The molecule has 6 heteroatoms. The zero-order valence-electron chi connectivity index (χ0n) is 10.4. The fourth-order valence-electron chi connectivity index (χ4n) is 2.15. The monoisotopic (exact) mass is 266 g/mol. The van der Waals surface area contributed by atoms with E-state index in [-0.39, 0.29) is 13.2 Å². The maximum Gasteiger partial charge on any atom is 0.304 e. The van der Waals surface area contributed by atoms with Gasteiger partial charge in [-0.1, -0.05) is 12.1 Å². The number of alkyl halides is 1. The smallest absolute Gasteiger partial charge is 0.304 e. The van der Waals surface area contributed by atoms with Crippen LogP contribution in [0.1, 0.15) is 0 Å². The first-order chi connectivity index (χ1) is 9.34. The van der Waals surface area contributed by atoms with Gasteiger partial charge in [-0.25, -0.2) is 4.39 Å². The minimum absolute atomic E-state index is 0.0633. The van der Waals surface area contributed by atoms with E-state index in [1.807, 2.05) is 18.2 Å². The van der Waals surface area contributed by atoms with Gasteiger partial charge in [-0.05, 0) is 12.1 Å². The molecule has 0 fully saturated rings. The molecule has 0 saturated carbocycles. The van der Waals surface area contributed by atoms with Crippen molar-refractivity contribution in [2.24, 2.45) is 4.99 Å². The molecule has 1 aromatic rings. The van der Waals surface area contributed by atoms with Crippen molar-refractivity contribution in [1.82, 2.24) is 5.32 Å². The number of aliphatic imine (C=N–C) groups is 1. The lowest BCUT2D eigenvalue weighted by molar-refractivity contribution is -0.166. The van der Waals surface area contributed by atoms with E-state index < -0.39 is 12.5 Å². The Hall–Kier alpha value is -1.82. The number of para-hydroxylation sites is 2. The van der Waals surface area contributed by atoms with Gasteiger partial charge in [0.25, 0.3) is 0 Å². The first-order valence-corrected chi connectivity index (χ1v) is 6.24. The summed E-state index contributed by atoms with van der Waals surface area (Å²) in [6.45, 7) is 0.879. The van der Waals surface area contributed by atoms with Crippen molar-refractivity contribution >= 4 is 5.84 Å². The number of nitrogens with zero attached hydrogens (tertiary/aromatic N) is 1. The topological polar surface area (TPSA) is 52.1 Å². The van der Waals surface area contributed by atoms with Crippen molar-refractivity contribution in [1.29, 1.82) is 0 Å². The predicted molar refractivity (Wildman–Crippen MR) is 67.5 cm³/mol. The molecule has 1 atom stereocenters. The summed E-state index contributed by atoms with van der Waals surface area (Å²) in [7, 11) is 0. The molecule has 0 aromatic heterocycles. The zero-order chi connectivity index (χ0) is 13.1. The zero-order valence-corrected chi connectivity index (χ0v) is 10.4. The molecule has 19 heavy (non-hydrogen) atoms. The third kappa shape index (κ3) is 2.23. The Balaban J connectivity index is 1.89. The van der Waals surface area contributed by atoms with Crippen LogP contribution in [0.5, 0.6) is 11.5 Å². The van der Waals surface area contributed by atoms with Crippen LogP contribution < -0.4 is 14.8 Å². The van der Waals surface area contributed by atoms with Gasteiger partial charge in [0, 0.05) is 6.54 Å². The fraction of sp³-hybridized carbons (Fsp3) is 0.462. The van der Waals surface area contributed by atoms with Crippen LogP contribution in [0.25, 0.3) is 0 Å². The number of benzene rings is 1. The normalized spacial score (nSPS) is 24.8. The first kappa shape index (κ1) is 12.2. The predicted octanol–water partition coefficient (Wildman–Crippen LogP) is 1.14. The highest BCUT2D eigenvalue weighted by Crippen LogP contribution is 2.36. The van der Waals surface area contributed by atoms with Crippen LogP contribution in [0.3, 0.4) is 0 Å². The van der Waals surface area contributed by atoms with Crippen LogP contribution in [0, 0.1) is 0 Å². The van der Waals surface area contributed by atoms with E-state index in [0.717, 1.165) is 6.54 Å². The van der Waals surface area contributed by atoms with Crippen molar-refractivity contribution in [3.8, 4) is 11.5 Å². The van der Waals surface area contributed by atoms with Gasteiger partial charge in [0.1, 0.15) is 6.67 Å². The maximum absolute atomic E-state index is 12.4. The second-order valence-electron chi connectivity index (χ2n) is 4.28. The Morgan fingerprint density at radius 1 is 1.37 bits per heavy atom. The average Bonchev–Trinajstić information content (AvgIpc) is 3.00. The molecule has 1 N–H and O–H groups in total. The molecule has 2 aliphatic rings. The van der Waals surface area contributed by atoms with Gasteiger partial charge in [0.05, 0.1) is 13.2 Å². The summed E-state index contributed by atoms with van der Waals surface area (Å²) >= 11 is 0. The molecular weight excluding hydrogens is 251 g/mol. The van der Waals surface area contributed by atoms with Crippen LogP contribution in [0.15, 0.2) is 29.3 Å². The summed E-state index contributed by atoms with van der Waals surface area (Å²) in [5.74, 6) is 0.622. The van der Waals surface area contributed by atoms with E-state index >= 15 is 0 Å². The molecule has 3 rings (SSSR count). The Morgan fingerprint density at radius 3 is 2.95 bits per heavy atom. The fourth-order valence-corrected chi connectivity index (χ4v) is 2.15. The van der Waals surface area contributed by atoms with Crippen molar-refractivity contribution in [2.75, 3.05) is 33.0 Å². The molecule has 0 radical (unpaired) electrons. The van der Waals surface area contributed by atoms with E-state index in [0.29, 0.717) is 23.9 Å². The molecule has 2 aliphatic heterocycles. The van der Waals surface area contributed by atoms with E-state index in [9.17, 15) is 4.39 Å². The van der Waals surface area contributed by atoms with Gasteiger partial charge in [-0.2, -0.15) is 0 Å². The number of ether oxygens (including phenoxy) is 3. The van der Waals surface area contributed by atoms with Crippen LogP contribution >= 0.6 is 0 Å². The molecular formula is C13H15FN2O3. The number of hydrogen-bond acceptors (Lipinski definition) is 5. The molecule has 0 bridgehead atoms. The molecule has 0 spiro atoms. The summed E-state index contributed by atoms with van der Waals surface area (Å²) in [6, 6.07) is 7.32. The van der Waals surface area contributed by atoms with Gasteiger partial charge in [0.2, 0.25) is 0 Å². The van der Waals surface area contributed by atoms with Gasteiger partial charge in [-0.15, -0.1) is 0 Å². The molecule has 5 nitrogen and oxygen atoms in total. The van der Waals surface area contributed by atoms with Crippen LogP contribution in [-0.2, 0) is 4.74 Å². The highest BCUT2D eigenvalue weighted by atomic mass is 19.1. The molecule has 0 saturated heterocycles. The van der Waals surface area contributed by atoms with Crippen LogP contribution in [0.4, 0.5) is 4.39 Å². The van der Waals surface area contributed by atoms with Gasteiger partial charge in [-0.3, -0.25) is 4.99 Å². The maximum atomic E-state index is 12.4. The Kier molecular flexibility index (Phi) is 3.25. The summed E-state index contributed by atoms with van der Waals surface area (Å²) in [5, 5.41) is 3.10. The molecule has 102 valence electrons. The largest absolute Gasteiger partial charge is 0.482 e. The molecule has 0 aliphatic carbocycles. The lowest BCUT2D eigenvalue weighted by atomic mass is 10.2. The van der Waals surface area contributed by atoms with Crippen molar-refractivity contribution in [3.05, 3.63) is 24.3 Å². The third-order valence-corrected chi connectivity index (χ3v) is 2.99. The van der Waals surface area contributed by atoms with Crippen molar-refractivity contribution < 1.29 is 18.6 Å². The number of amidine groups is 1. The lowest BCUT2D eigenvalue weighted by Gasteiger charge is -2.37. The van der Waals surface area contributed by atoms with Gasteiger partial charge in [0.15, 0.2) is 23.9 Å². The number of halogens is 1. The SMILES string of the molecule is FCCOC1(C2=NCCN2)COc2ccccc2O1. The summed E-state index contributed by atoms with van der Waals surface area (Å²) in [5.41, 5.74) is 0. The standard InChI is InChI=1S/C13H15FN2O3/c14-5-8-18-13(12-15-6-7-16-12)9-17-10-3-1-2-4-11(10)19-13/h1-4H,5-9H2,(H,15,16). The van der Waals surface area contributed by atoms with Crippen molar-refractivity contribution in [3.63, 3.8) is 0 Å². The third-order valence-electron chi connectivity index (χ3n) is 2.99. The number of hydrogen-bond donors (Lipinski definition) is 1. The van der Waals surface area contributed by atoms with Crippen molar-refractivity contribution in [2.45, 2.75) is 5.79 Å². The van der Waals surface area contributed by atoms with E-state index in [1.54, 1.807) is 6.07 Å². The van der Waals surface area contributed by atoms with Gasteiger partial charge >= 0.3 is 5.79 Å². The summed E-state index contributed by atoms with van der Waals surface area (Å²) < 4.78 is 29.5. The Bertz CT molecular complexity index is 495. The minimum atomic E-state index is -1.17. The Labute approximate surface area is 110 Å². The number of nitrogens with one attached hydrogen (secondary N) is 1. The second kappa shape index (κ2) is 5.05. The minimum Gasteiger partial charge on any atom is -0.482 e. The highest BCUT2D eigenvalue weighted by Gasteiger charge is 2.45. The van der Waals surface area contributed by atoms with Crippen LogP contribution in [0.2, 0.25) is 0 Å². The van der Waals surface area contributed by atoms with Gasteiger partial charge < -0.3 is 19.5 Å². The number of fused-ring (bicyclic) bond motifs is 1. The van der Waals surface area contributed by atoms with E-state index in [2.05, 4.69) is 10.3 Å². The van der Waals surface area contributed by atoms with E-state index in [4.69, 9.17) is 14.2 Å². The molecule has 1 unspecified atom stereocenters. The molecule has 2 heterocycles. The van der Waals surface area contributed by atoms with E-state index in [1.165, 1.54) is 0 Å². The highest BCUT2D eigenvalue weighted by molar-refractivity contribution is 5.91. The summed E-state index contributed by atoms with van der Waals surface area (Å²) in [4.78, 5) is 4.31. The average molecular weight is 266 g/mol. The second-order valence-corrected chi connectivity index (χ2v) is 4.28. The number of rotatable bonds is 4. The molecule has 0 amide bonds. The Morgan fingerprint density at radius 2 is 2.21 bits per heavy atom.